The predicted octanol–water partition coefficient (Wildman–Crippen LogP) is 4.26. The summed E-state index contributed by atoms with van der Waals surface area (Å²) in [6.45, 7) is 6.56. The van der Waals surface area contributed by atoms with Crippen LogP contribution in [0.3, 0.4) is 0 Å². The van der Waals surface area contributed by atoms with Gasteiger partial charge in [0.25, 0.3) is 0 Å². The lowest BCUT2D eigenvalue weighted by Gasteiger charge is -2.36. The smallest absolute Gasteiger partial charge is 0.411 e. The molecule has 1 amide bonds. The van der Waals surface area contributed by atoms with Gasteiger partial charge in [0.1, 0.15) is 11.4 Å². The van der Waals surface area contributed by atoms with Crippen molar-refractivity contribution in [3.63, 3.8) is 0 Å². The Bertz CT molecular complexity index is 718. The highest BCUT2D eigenvalue weighted by Crippen LogP contribution is 2.34. The zero-order valence-electron chi connectivity index (χ0n) is 17.3. The van der Waals surface area contributed by atoms with Crippen LogP contribution in [0, 0.1) is 5.92 Å². The van der Waals surface area contributed by atoms with E-state index >= 15 is 0 Å². The van der Waals surface area contributed by atoms with Crippen LogP contribution in [0.1, 0.15) is 63.6 Å². The number of methoxy groups -OCH3 is 1. The maximum absolute atomic E-state index is 12.6. The van der Waals surface area contributed by atoms with Crippen molar-refractivity contribution in [2.24, 2.45) is 5.92 Å². The Balaban J connectivity index is 1.78. The molecule has 1 saturated carbocycles. The summed E-state index contributed by atoms with van der Waals surface area (Å²) < 4.78 is 16.5. The topological polar surface area (TPSA) is 65.1 Å². The first-order valence-corrected chi connectivity index (χ1v) is 10.1. The summed E-state index contributed by atoms with van der Waals surface area (Å²) >= 11 is 0. The van der Waals surface area contributed by atoms with E-state index in [4.69, 9.17) is 14.2 Å². The first-order chi connectivity index (χ1) is 13.3. The normalized spacial score (nSPS) is 19.9. The quantitative estimate of drug-likeness (QED) is 0.720. The van der Waals surface area contributed by atoms with E-state index in [0.29, 0.717) is 18.9 Å². The molecule has 1 heterocycles. The second-order valence-corrected chi connectivity index (χ2v) is 8.67. The highest BCUT2D eigenvalue weighted by molar-refractivity contribution is 5.84. The molecule has 2 aliphatic rings. The van der Waals surface area contributed by atoms with Crippen molar-refractivity contribution in [1.82, 2.24) is 4.90 Å². The summed E-state index contributed by atoms with van der Waals surface area (Å²) in [5, 5.41) is 0. The number of carbonyl (C=O) groups is 2. The van der Waals surface area contributed by atoms with Crippen molar-refractivity contribution in [2.45, 2.75) is 64.5 Å². The molecule has 154 valence electrons. The maximum atomic E-state index is 12.6. The fourth-order valence-corrected chi connectivity index (χ4v) is 3.97. The zero-order chi connectivity index (χ0) is 20.3. The van der Waals surface area contributed by atoms with Gasteiger partial charge < -0.3 is 14.2 Å². The summed E-state index contributed by atoms with van der Waals surface area (Å²) in [6, 6.07) is 4.94. The average molecular weight is 389 g/mol. The van der Waals surface area contributed by atoms with Gasteiger partial charge in [-0.05, 0) is 69.2 Å². The van der Waals surface area contributed by atoms with Crippen LogP contribution < -0.4 is 4.74 Å². The summed E-state index contributed by atoms with van der Waals surface area (Å²) in [4.78, 5) is 26.6. The molecule has 0 radical (unpaired) electrons. The standard InChI is InChI=1S/C22H31NO5/c1-22(2,3)28-21(25)23-12-11-16-13-17(27-14-15-7-5-6-8-15)9-10-18(16)19(23)20(24)26-4/h9-10,13,15,19H,5-8,11-12,14H2,1-4H3/t19-/m1/s1. The highest BCUT2D eigenvalue weighted by Gasteiger charge is 2.39. The number of ether oxygens (including phenoxy) is 3. The van der Waals surface area contributed by atoms with Gasteiger partial charge in [0.2, 0.25) is 0 Å². The minimum absolute atomic E-state index is 0.397. The zero-order valence-corrected chi connectivity index (χ0v) is 17.3. The van der Waals surface area contributed by atoms with E-state index in [1.54, 1.807) is 0 Å². The highest BCUT2D eigenvalue weighted by atomic mass is 16.6. The lowest BCUT2D eigenvalue weighted by molar-refractivity contribution is -0.147. The molecule has 0 bridgehead atoms. The number of rotatable bonds is 4. The van der Waals surface area contributed by atoms with E-state index in [1.165, 1.54) is 37.7 Å². The lowest BCUT2D eigenvalue weighted by Crippen LogP contribution is -2.46. The van der Waals surface area contributed by atoms with Gasteiger partial charge in [-0.3, -0.25) is 4.90 Å². The van der Waals surface area contributed by atoms with Gasteiger partial charge in [-0.2, -0.15) is 0 Å². The van der Waals surface area contributed by atoms with Crippen molar-refractivity contribution in [1.29, 1.82) is 0 Å². The molecule has 6 nitrogen and oxygen atoms in total. The van der Waals surface area contributed by atoms with Gasteiger partial charge in [-0.1, -0.05) is 18.9 Å². The van der Waals surface area contributed by atoms with Gasteiger partial charge in [0.05, 0.1) is 13.7 Å². The summed E-state index contributed by atoms with van der Waals surface area (Å²) in [6.07, 6.45) is 5.19. The fraction of sp³-hybridized carbons (Fsp3) is 0.636. The van der Waals surface area contributed by atoms with Crippen molar-refractivity contribution in [3.05, 3.63) is 29.3 Å². The minimum atomic E-state index is -0.799. The third-order valence-electron chi connectivity index (χ3n) is 5.36. The van der Waals surface area contributed by atoms with Crippen LogP contribution in [-0.2, 0) is 20.7 Å². The predicted molar refractivity (Wildman–Crippen MR) is 105 cm³/mol. The molecule has 0 N–H and O–H groups in total. The second kappa shape index (κ2) is 8.41. The van der Waals surface area contributed by atoms with Crippen LogP contribution in [-0.4, -0.2) is 42.8 Å². The lowest BCUT2D eigenvalue weighted by atomic mass is 9.92. The summed E-state index contributed by atoms with van der Waals surface area (Å²) in [7, 11) is 1.34. The van der Waals surface area contributed by atoms with E-state index in [0.717, 1.165) is 23.5 Å². The van der Waals surface area contributed by atoms with E-state index < -0.39 is 23.7 Å². The minimum Gasteiger partial charge on any atom is -0.493 e. The number of carbonyl (C=O) groups excluding carboxylic acids is 2. The number of hydrogen-bond acceptors (Lipinski definition) is 5. The molecule has 0 saturated heterocycles. The Morgan fingerprint density at radius 1 is 1.18 bits per heavy atom. The first-order valence-electron chi connectivity index (χ1n) is 10.1. The number of amides is 1. The van der Waals surface area contributed by atoms with E-state index in [9.17, 15) is 9.59 Å². The van der Waals surface area contributed by atoms with Crippen molar-refractivity contribution in [2.75, 3.05) is 20.3 Å². The molecule has 1 aliphatic heterocycles. The van der Waals surface area contributed by atoms with Gasteiger partial charge in [-0.15, -0.1) is 0 Å². The Morgan fingerprint density at radius 3 is 2.54 bits per heavy atom. The van der Waals surface area contributed by atoms with Crippen molar-refractivity contribution < 1.29 is 23.8 Å². The van der Waals surface area contributed by atoms with Gasteiger partial charge in [0.15, 0.2) is 6.04 Å². The molecule has 1 aromatic rings. The largest absolute Gasteiger partial charge is 0.493 e. The molecule has 0 unspecified atom stereocenters. The molecule has 1 aliphatic carbocycles. The number of esters is 1. The molecule has 3 rings (SSSR count). The molecule has 6 heteroatoms. The number of nitrogens with zero attached hydrogens (tertiary/aromatic N) is 1. The van der Waals surface area contributed by atoms with E-state index in [1.807, 2.05) is 39.0 Å². The number of hydrogen-bond donors (Lipinski definition) is 0. The van der Waals surface area contributed by atoms with Crippen LogP contribution >= 0.6 is 0 Å². The van der Waals surface area contributed by atoms with Crippen LogP contribution in [0.2, 0.25) is 0 Å². The molecular formula is C22H31NO5. The fourth-order valence-electron chi connectivity index (χ4n) is 3.97. The second-order valence-electron chi connectivity index (χ2n) is 8.67. The van der Waals surface area contributed by atoms with Gasteiger partial charge >= 0.3 is 12.1 Å². The summed E-state index contributed by atoms with van der Waals surface area (Å²) in [5.41, 5.74) is 1.16. The molecular weight excluding hydrogens is 358 g/mol. The van der Waals surface area contributed by atoms with Gasteiger partial charge in [0, 0.05) is 6.54 Å². The molecule has 28 heavy (non-hydrogen) atoms. The monoisotopic (exact) mass is 389 g/mol. The third-order valence-corrected chi connectivity index (χ3v) is 5.36. The Morgan fingerprint density at radius 2 is 1.89 bits per heavy atom. The maximum Gasteiger partial charge on any atom is 0.411 e. The van der Waals surface area contributed by atoms with Crippen LogP contribution in [0.5, 0.6) is 5.75 Å². The van der Waals surface area contributed by atoms with Crippen molar-refractivity contribution >= 4 is 12.1 Å². The van der Waals surface area contributed by atoms with Crippen LogP contribution in [0.25, 0.3) is 0 Å². The van der Waals surface area contributed by atoms with Crippen molar-refractivity contribution in [3.8, 4) is 5.75 Å². The molecule has 0 spiro atoms. The molecule has 1 aromatic carbocycles. The molecule has 1 fully saturated rings. The van der Waals surface area contributed by atoms with Crippen LogP contribution in [0.15, 0.2) is 18.2 Å². The van der Waals surface area contributed by atoms with E-state index in [2.05, 4.69) is 0 Å². The first kappa shape index (κ1) is 20.5. The Labute approximate surface area is 167 Å². The summed E-state index contributed by atoms with van der Waals surface area (Å²) in [5.74, 6) is 0.993. The van der Waals surface area contributed by atoms with Crippen LogP contribution in [0.4, 0.5) is 4.79 Å². The number of benzene rings is 1. The third kappa shape index (κ3) is 4.78. The van der Waals surface area contributed by atoms with Gasteiger partial charge in [-0.25, -0.2) is 9.59 Å². The Hall–Kier alpha value is -2.24. The number of fused-ring (bicyclic) bond motifs is 1. The average Bonchev–Trinajstić information content (AvgIpc) is 3.16. The molecule has 1 atom stereocenters. The Kier molecular flexibility index (Phi) is 6.16. The van der Waals surface area contributed by atoms with E-state index in [-0.39, 0.29) is 0 Å². The SMILES string of the molecule is COC(=O)[C@H]1c2ccc(OCC3CCCC3)cc2CCN1C(=O)OC(C)(C)C. The molecule has 0 aromatic heterocycles.